The van der Waals surface area contributed by atoms with E-state index in [2.05, 4.69) is 0 Å². The Morgan fingerprint density at radius 3 is 2.12 bits per heavy atom. The van der Waals surface area contributed by atoms with Crippen LogP contribution in [-0.4, -0.2) is 5.78 Å². The number of alkyl halides is 5. The van der Waals surface area contributed by atoms with Crippen molar-refractivity contribution in [3.05, 3.63) is 34.6 Å². The van der Waals surface area contributed by atoms with E-state index in [1.807, 2.05) is 0 Å². The van der Waals surface area contributed by atoms with E-state index in [9.17, 15) is 31.1 Å². The van der Waals surface area contributed by atoms with Crippen LogP contribution in [0.4, 0.5) is 26.3 Å². The molecular formula is C10H6F6O. The predicted molar refractivity (Wildman–Crippen MR) is 46.4 cm³/mol. The number of halogens is 6. The molecule has 1 rings (SSSR count). The lowest BCUT2D eigenvalue weighted by molar-refractivity contribution is -0.139. The van der Waals surface area contributed by atoms with Crippen LogP contribution in [0.1, 0.15) is 34.8 Å². The number of rotatable bonds is 2. The fraction of sp³-hybridized carbons (Fsp3) is 0.300. The van der Waals surface area contributed by atoms with Gasteiger partial charge in [-0.25, -0.2) is 13.2 Å². The molecule has 0 bridgehead atoms. The molecule has 0 saturated carbocycles. The Kier molecular flexibility index (Phi) is 3.49. The summed E-state index contributed by atoms with van der Waals surface area (Å²) < 4.78 is 75.2. The lowest BCUT2D eigenvalue weighted by Gasteiger charge is -2.15. The van der Waals surface area contributed by atoms with Gasteiger partial charge in [0.1, 0.15) is 5.82 Å². The van der Waals surface area contributed by atoms with Crippen LogP contribution in [-0.2, 0) is 6.18 Å². The molecule has 0 N–H and O–H groups in total. The van der Waals surface area contributed by atoms with Crippen LogP contribution in [0, 0.1) is 5.82 Å². The van der Waals surface area contributed by atoms with Crippen LogP contribution >= 0.6 is 0 Å². The summed E-state index contributed by atoms with van der Waals surface area (Å²) in [4.78, 5) is 10.9. The van der Waals surface area contributed by atoms with E-state index in [0.717, 1.165) is 6.92 Å². The fourth-order valence-electron chi connectivity index (χ4n) is 1.38. The fourth-order valence-corrected chi connectivity index (χ4v) is 1.38. The quantitative estimate of drug-likeness (QED) is 0.577. The van der Waals surface area contributed by atoms with E-state index in [0.29, 0.717) is 6.07 Å². The SMILES string of the molecule is CC(=O)c1cc(F)cc(C(F)(F)F)c1C(F)F. The molecule has 0 radical (unpaired) electrons. The molecule has 0 saturated heterocycles. The molecule has 1 nitrogen and oxygen atoms in total. The van der Waals surface area contributed by atoms with E-state index in [1.165, 1.54) is 0 Å². The molecule has 0 aliphatic heterocycles. The Morgan fingerprint density at radius 1 is 1.24 bits per heavy atom. The van der Waals surface area contributed by atoms with Gasteiger partial charge in [-0.3, -0.25) is 4.79 Å². The minimum atomic E-state index is -5.14. The average molecular weight is 256 g/mol. The molecule has 1 aromatic carbocycles. The molecule has 0 unspecified atom stereocenters. The van der Waals surface area contributed by atoms with Crippen molar-refractivity contribution < 1.29 is 31.1 Å². The molecule has 0 aliphatic rings. The van der Waals surface area contributed by atoms with Gasteiger partial charge in [0.25, 0.3) is 6.43 Å². The largest absolute Gasteiger partial charge is 0.417 e. The Morgan fingerprint density at radius 2 is 1.76 bits per heavy atom. The summed E-state index contributed by atoms with van der Waals surface area (Å²) in [6.07, 6.45) is -8.65. The highest BCUT2D eigenvalue weighted by Crippen LogP contribution is 2.38. The Labute approximate surface area is 92.0 Å². The highest BCUT2D eigenvalue weighted by molar-refractivity contribution is 5.96. The second-order valence-electron chi connectivity index (χ2n) is 3.27. The molecule has 0 aliphatic carbocycles. The summed E-state index contributed by atoms with van der Waals surface area (Å²) in [5.41, 5.74) is -4.25. The van der Waals surface area contributed by atoms with E-state index >= 15 is 0 Å². The summed E-state index contributed by atoms with van der Waals surface area (Å²) >= 11 is 0. The summed E-state index contributed by atoms with van der Waals surface area (Å²) in [7, 11) is 0. The predicted octanol–water partition coefficient (Wildman–Crippen LogP) is 3.98. The Balaban J connectivity index is 3.64. The third-order valence-electron chi connectivity index (χ3n) is 2.05. The third-order valence-corrected chi connectivity index (χ3v) is 2.05. The summed E-state index contributed by atoms with van der Waals surface area (Å²) in [5.74, 6) is -2.43. The van der Waals surface area contributed by atoms with Crippen molar-refractivity contribution in [3.63, 3.8) is 0 Å². The second-order valence-corrected chi connectivity index (χ2v) is 3.27. The average Bonchev–Trinajstić information content (AvgIpc) is 2.14. The monoisotopic (exact) mass is 256 g/mol. The summed E-state index contributed by atoms with van der Waals surface area (Å²) in [5, 5.41) is 0. The number of ketones is 1. The summed E-state index contributed by atoms with van der Waals surface area (Å²) in [6, 6.07) is 0.326. The van der Waals surface area contributed by atoms with Gasteiger partial charge < -0.3 is 0 Å². The molecule has 0 aromatic heterocycles. The zero-order valence-electron chi connectivity index (χ0n) is 8.41. The molecule has 0 atom stereocenters. The molecule has 1 aromatic rings. The highest BCUT2D eigenvalue weighted by atomic mass is 19.4. The van der Waals surface area contributed by atoms with E-state index < -0.39 is 40.9 Å². The first-order valence-corrected chi connectivity index (χ1v) is 4.34. The molecule has 0 heterocycles. The highest BCUT2D eigenvalue weighted by Gasteiger charge is 2.38. The molecule has 0 fully saturated rings. The third kappa shape index (κ3) is 2.78. The summed E-state index contributed by atoms with van der Waals surface area (Å²) in [6.45, 7) is 0.792. The smallest absolute Gasteiger partial charge is 0.294 e. The first kappa shape index (κ1) is 13.5. The normalized spacial score (nSPS) is 12.0. The van der Waals surface area contributed by atoms with Gasteiger partial charge in [0, 0.05) is 11.1 Å². The van der Waals surface area contributed by atoms with Crippen molar-refractivity contribution in [1.82, 2.24) is 0 Å². The van der Waals surface area contributed by atoms with Gasteiger partial charge in [-0.15, -0.1) is 0 Å². The van der Waals surface area contributed by atoms with Gasteiger partial charge in [0.15, 0.2) is 5.78 Å². The van der Waals surface area contributed by atoms with Gasteiger partial charge in [-0.2, -0.15) is 13.2 Å². The number of hydrogen-bond acceptors (Lipinski definition) is 1. The lowest BCUT2D eigenvalue weighted by Crippen LogP contribution is -2.14. The van der Waals surface area contributed by atoms with Crippen molar-refractivity contribution >= 4 is 5.78 Å². The number of Topliss-reactive ketones (excluding diaryl/α,β-unsaturated/α-hetero) is 1. The van der Waals surface area contributed by atoms with E-state index in [1.54, 1.807) is 0 Å². The molecule has 7 heteroatoms. The van der Waals surface area contributed by atoms with Crippen molar-refractivity contribution in [2.24, 2.45) is 0 Å². The van der Waals surface area contributed by atoms with Crippen LogP contribution < -0.4 is 0 Å². The first-order valence-electron chi connectivity index (χ1n) is 4.34. The van der Waals surface area contributed by atoms with Crippen LogP contribution in [0.2, 0.25) is 0 Å². The zero-order chi connectivity index (χ0) is 13.4. The molecule has 0 spiro atoms. The van der Waals surface area contributed by atoms with Crippen molar-refractivity contribution in [2.75, 3.05) is 0 Å². The zero-order valence-corrected chi connectivity index (χ0v) is 8.41. The minimum absolute atomic E-state index is 0.0477. The maximum atomic E-state index is 12.9. The van der Waals surface area contributed by atoms with Crippen molar-refractivity contribution in [3.8, 4) is 0 Å². The van der Waals surface area contributed by atoms with Gasteiger partial charge in [-0.1, -0.05) is 0 Å². The number of carbonyl (C=O) groups is 1. The number of benzene rings is 1. The van der Waals surface area contributed by atoms with Gasteiger partial charge in [0.05, 0.1) is 5.56 Å². The molecule has 0 amide bonds. The first-order chi connectivity index (χ1) is 7.64. The standard InChI is InChI=1S/C10H6F6O/c1-4(17)6-2-5(11)3-7(10(14,15)16)8(6)9(12)13/h2-3,9H,1H3. The van der Waals surface area contributed by atoms with Crippen LogP contribution in [0.25, 0.3) is 0 Å². The molecule has 17 heavy (non-hydrogen) atoms. The van der Waals surface area contributed by atoms with Gasteiger partial charge >= 0.3 is 6.18 Å². The van der Waals surface area contributed by atoms with Crippen LogP contribution in [0.5, 0.6) is 0 Å². The van der Waals surface area contributed by atoms with Crippen molar-refractivity contribution in [1.29, 1.82) is 0 Å². The minimum Gasteiger partial charge on any atom is -0.294 e. The van der Waals surface area contributed by atoms with Gasteiger partial charge in [-0.05, 0) is 19.1 Å². The van der Waals surface area contributed by atoms with Crippen LogP contribution in [0.3, 0.4) is 0 Å². The molecule has 94 valence electrons. The maximum absolute atomic E-state index is 12.9. The van der Waals surface area contributed by atoms with Crippen LogP contribution in [0.15, 0.2) is 12.1 Å². The second kappa shape index (κ2) is 4.38. The van der Waals surface area contributed by atoms with E-state index in [-0.39, 0.29) is 6.07 Å². The van der Waals surface area contributed by atoms with Gasteiger partial charge in [0.2, 0.25) is 0 Å². The Hall–Kier alpha value is -1.53. The van der Waals surface area contributed by atoms with Crippen molar-refractivity contribution in [2.45, 2.75) is 19.5 Å². The number of carbonyl (C=O) groups excluding carboxylic acids is 1. The maximum Gasteiger partial charge on any atom is 0.417 e. The number of hydrogen-bond donors (Lipinski definition) is 0. The van der Waals surface area contributed by atoms with E-state index in [4.69, 9.17) is 0 Å². The molecular weight excluding hydrogens is 250 g/mol. The lowest BCUT2D eigenvalue weighted by atomic mass is 9.98. The topological polar surface area (TPSA) is 17.1 Å². The Bertz CT molecular complexity index is 449.